The maximum absolute atomic E-state index is 13.5. The van der Waals surface area contributed by atoms with Crippen molar-refractivity contribution in [3.63, 3.8) is 0 Å². The number of hydrogen-bond donors (Lipinski definition) is 0. The first kappa shape index (κ1) is 14.5. The highest BCUT2D eigenvalue weighted by atomic mass is 79.9. The van der Waals surface area contributed by atoms with Gasteiger partial charge in [0.2, 0.25) is 0 Å². The van der Waals surface area contributed by atoms with Crippen molar-refractivity contribution in [2.24, 2.45) is 0 Å². The highest BCUT2D eigenvalue weighted by Gasteiger charge is 2.18. The number of rotatable bonds is 5. The second-order valence-corrected chi connectivity index (χ2v) is 4.83. The first-order valence-electron chi connectivity index (χ1n) is 5.40. The molecule has 0 saturated heterocycles. The highest BCUT2D eigenvalue weighted by Crippen LogP contribution is 2.17. The molecule has 0 atom stereocenters. The topological polar surface area (TPSA) is 20.3 Å². The van der Waals surface area contributed by atoms with E-state index in [4.69, 9.17) is 11.6 Å². The molecule has 0 bridgehead atoms. The van der Waals surface area contributed by atoms with Gasteiger partial charge in [-0.3, -0.25) is 4.79 Å². The van der Waals surface area contributed by atoms with E-state index >= 15 is 0 Å². The van der Waals surface area contributed by atoms with Gasteiger partial charge in [0.15, 0.2) is 0 Å². The Kier molecular flexibility index (Phi) is 5.92. The molecule has 0 spiro atoms. The van der Waals surface area contributed by atoms with E-state index in [0.29, 0.717) is 23.4 Å². The van der Waals surface area contributed by atoms with E-state index < -0.39 is 5.82 Å². The third kappa shape index (κ3) is 3.96. The molecular formula is C12H14BrClFNO. The van der Waals surface area contributed by atoms with Crippen LogP contribution in [0.25, 0.3) is 0 Å². The van der Waals surface area contributed by atoms with Crippen molar-refractivity contribution in [2.75, 3.05) is 18.4 Å². The van der Waals surface area contributed by atoms with E-state index in [2.05, 4.69) is 15.9 Å². The molecule has 0 fully saturated rings. The maximum Gasteiger partial charge on any atom is 0.256 e. The van der Waals surface area contributed by atoms with Crippen molar-refractivity contribution >= 4 is 33.4 Å². The molecule has 0 unspecified atom stereocenters. The molecule has 5 heteroatoms. The van der Waals surface area contributed by atoms with Gasteiger partial charge in [-0.2, -0.15) is 0 Å². The van der Waals surface area contributed by atoms with Gasteiger partial charge >= 0.3 is 0 Å². The molecule has 1 rings (SSSR count). The quantitative estimate of drug-likeness (QED) is 0.757. The summed E-state index contributed by atoms with van der Waals surface area (Å²) in [6, 6.07) is 4.02. The molecule has 1 aromatic rings. The molecular weight excluding hydrogens is 308 g/mol. The van der Waals surface area contributed by atoms with E-state index in [9.17, 15) is 9.18 Å². The summed E-state index contributed by atoms with van der Waals surface area (Å²) in [4.78, 5) is 13.7. The maximum atomic E-state index is 13.5. The standard InChI is InChI=1S/C12H14BrClFNO/c1-2-6-16(7-5-13)12(17)10-8-9(14)3-4-11(10)15/h3-4,8H,2,5-7H2,1H3. The number of halogens is 3. The fourth-order valence-corrected chi connectivity index (χ4v) is 2.12. The van der Waals surface area contributed by atoms with E-state index in [0.717, 1.165) is 6.42 Å². The van der Waals surface area contributed by atoms with Crippen LogP contribution in [0.1, 0.15) is 23.7 Å². The lowest BCUT2D eigenvalue weighted by molar-refractivity contribution is 0.0762. The minimum absolute atomic E-state index is 0.0342. The molecule has 17 heavy (non-hydrogen) atoms. The first-order chi connectivity index (χ1) is 8.10. The zero-order chi connectivity index (χ0) is 12.8. The van der Waals surface area contributed by atoms with Gasteiger partial charge in [-0.1, -0.05) is 34.5 Å². The van der Waals surface area contributed by atoms with Gasteiger partial charge in [-0.25, -0.2) is 4.39 Å². The summed E-state index contributed by atoms with van der Waals surface area (Å²) in [6.07, 6.45) is 0.834. The van der Waals surface area contributed by atoms with Gasteiger partial charge in [0.05, 0.1) is 5.56 Å². The summed E-state index contributed by atoms with van der Waals surface area (Å²) in [5.74, 6) is -0.846. The monoisotopic (exact) mass is 321 g/mol. The molecule has 1 amide bonds. The number of amides is 1. The summed E-state index contributed by atoms with van der Waals surface area (Å²) in [5, 5.41) is 1.03. The van der Waals surface area contributed by atoms with Gasteiger partial charge in [0, 0.05) is 23.4 Å². The van der Waals surface area contributed by atoms with Crippen molar-refractivity contribution in [2.45, 2.75) is 13.3 Å². The van der Waals surface area contributed by atoms with Gasteiger partial charge in [-0.15, -0.1) is 0 Å². The number of carbonyl (C=O) groups is 1. The van der Waals surface area contributed by atoms with Gasteiger partial charge < -0.3 is 4.90 Å². The van der Waals surface area contributed by atoms with Crippen LogP contribution in [0.3, 0.4) is 0 Å². The molecule has 0 aliphatic carbocycles. The molecule has 1 aromatic carbocycles. The lowest BCUT2D eigenvalue weighted by atomic mass is 10.2. The van der Waals surface area contributed by atoms with Crippen molar-refractivity contribution < 1.29 is 9.18 Å². The number of nitrogens with zero attached hydrogens (tertiary/aromatic N) is 1. The van der Waals surface area contributed by atoms with Crippen LogP contribution in [-0.2, 0) is 0 Å². The van der Waals surface area contributed by atoms with Crippen molar-refractivity contribution in [3.05, 3.63) is 34.6 Å². The fraction of sp³-hybridized carbons (Fsp3) is 0.417. The van der Waals surface area contributed by atoms with Crippen LogP contribution in [0.2, 0.25) is 5.02 Å². The van der Waals surface area contributed by atoms with Crippen LogP contribution in [0.4, 0.5) is 4.39 Å². The summed E-state index contributed by atoms with van der Waals surface area (Å²) < 4.78 is 13.5. The van der Waals surface area contributed by atoms with E-state index in [1.807, 2.05) is 6.92 Å². The van der Waals surface area contributed by atoms with Crippen molar-refractivity contribution in [1.82, 2.24) is 4.90 Å². The molecule has 0 aliphatic rings. The molecule has 94 valence electrons. The van der Waals surface area contributed by atoms with Gasteiger partial charge in [0.25, 0.3) is 5.91 Å². The number of alkyl halides is 1. The Balaban J connectivity index is 2.95. The summed E-state index contributed by atoms with van der Waals surface area (Å²) in [6.45, 7) is 3.14. The second kappa shape index (κ2) is 6.97. The summed E-state index contributed by atoms with van der Waals surface area (Å²) in [7, 11) is 0. The lowest BCUT2D eigenvalue weighted by Crippen LogP contribution is -2.34. The molecule has 0 aromatic heterocycles. The smallest absolute Gasteiger partial charge is 0.256 e. The average Bonchev–Trinajstić information content (AvgIpc) is 2.31. The molecule has 0 radical (unpaired) electrons. The highest BCUT2D eigenvalue weighted by molar-refractivity contribution is 9.09. The van der Waals surface area contributed by atoms with E-state index in [1.165, 1.54) is 18.2 Å². The van der Waals surface area contributed by atoms with Crippen LogP contribution in [0.5, 0.6) is 0 Å². The SMILES string of the molecule is CCCN(CCBr)C(=O)c1cc(Cl)ccc1F. The summed E-state index contributed by atoms with van der Waals surface area (Å²) >= 11 is 9.05. The number of hydrogen-bond acceptors (Lipinski definition) is 1. The zero-order valence-corrected chi connectivity index (χ0v) is 11.9. The normalized spacial score (nSPS) is 10.4. The molecule has 0 saturated carbocycles. The Hall–Kier alpha value is -0.610. The Labute approximate surface area is 114 Å². The van der Waals surface area contributed by atoms with Gasteiger partial charge in [-0.05, 0) is 24.6 Å². The second-order valence-electron chi connectivity index (χ2n) is 3.61. The zero-order valence-electron chi connectivity index (χ0n) is 9.55. The minimum atomic E-state index is -0.532. The van der Waals surface area contributed by atoms with Crippen LogP contribution in [-0.4, -0.2) is 29.2 Å². The van der Waals surface area contributed by atoms with Crippen LogP contribution < -0.4 is 0 Å². The van der Waals surface area contributed by atoms with Crippen LogP contribution >= 0.6 is 27.5 Å². The van der Waals surface area contributed by atoms with Crippen LogP contribution in [0, 0.1) is 5.82 Å². The van der Waals surface area contributed by atoms with E-state index in [1.54, 1.807) is 4.90 Å². The Morgan fingerprint density at radius 2 is 2.18 bits per heavy atom. The Morgan fingerprint density at radius 3 is 2.76 bits per heavy atom. The third-order valence-electron chi connectivity index (χ3n) is 2.29. The molecule has 2 nitrogen and oxygen atoms in total. The van der Waals surface area contributed by atoms with Gasteiger partial charge in [0.1, 0.15) is 5.82 Å². The number of benzene rings is 1. The lowest BCUT2D eigenvalue weighted by Gasteiger charge is -2.21. The minimum Gasteiger partial charge on any atom is -0.338 e. The number of carbonyl (C=O) groups excluding carboxylic acids is 1. The predicted octanol–water partition coefficient (Wildman–Crippen LogP) is 3.73. The Morgan fingerprint density at radius 1 is 1.47 bits per heavy atom. The van der Waals surface area contributed by atoms with Crippen molar-refractivity contribution in [3.8, 4) is 0 Å². The van der Waals surface area contributed by atoms with Crippen LogP contribution in [0.15, 0.2) is 18.2 Å². The van der Waals surface area contributed by atoms with Crippen molar-refractivity contribution in [1.29, 1.82) is 0 Å². The van der Waals surface area contributed by atoms with E-state index in [-0.39, 0.29) is 11.5 Å². The molecule has 0 N–H and O–H groups in total. The summed E-state index contributed by atoms with van der Waals surface area (Å²) in [5.41, 5.74) is 0.0342. The fourth-order valence-electron chi connectivity index (χ4n) is 1.52. The molecule has 0 heterocycles. The predicted molar refractivity (Wildman–Crippen MR) is 71.4 cm³/mol. The largest absolute Gasteiger partial charge is 0.338 e. The first-order valence-corrected chi connectivity index (χ1v) is 6.90. The average molecular weight is 323 g/mol. The molecule has 0 aliphatic heterocycles. The third-order valence-corrected chi connectivity index (χ3v) is 2.88. The Bertz CT molecular complexity index is 394.